The van der Waals surface area contributed by atoms with Gasteiger partial charge in [0.2, 0.25) is 0 Å². The van der Waals surface area contributed by atoms with Crippen molar-refractivity contribution in [3.05, 3.63) is 71.4 Å². The number of benzene rings is 2. The lowest BCUT2D eigenvalue weighted by Gasteiger charge is -2.25. The van der Waals surface area contributed by atoms with Crippen molar-refractivity contribution in [3.63, 3.8) is 0 Å². The molecule has 3 nitrogen and oxygen atoms in total. The van der Waals surface area contributed by atoms with Gasteiger partial charge in [0.05, 0.1) is 0 Å². The SMILES string of the molecule is Cc1cccc(C(CCNC2CCNCC2)c2cn(CC3CCCCC3)c3ccccc23)c1. The van der Waals surface area contributed by atoms with Gasteiger partial charge in [0.15, 0.2) is 0 Å². The molecule has 2 aliphatic rings. The summed E-state index contributed by atoms with van der Waals surface area (Å²) in [4.78, 5) is 0. The maximum absolute atomic E-state index is 3.88. The second-order valence-electron chi connectivity index (χ2n) is 10.5. The number of nitrogens with one attached hydrogen (secondary N) is 2. The number of fused-ring (bicyclic) bond motifs is 1. The molecule has 5 rings (SSSR count). The number of aryl methyl sites for hydroxylation is 1. The largest absolute Gasteiger partial charge is 0.347 e. The third-order valence-corrected chi connectivity index (χ3v) is 8.02. The number of aromatic nitrogens is 1. The van der Waals surface area contributed by atoms with E-state index in [1.54, 1.807) is 0 Å². The molecule has 3 aromatic rings. The molecule has 0 radical (unpaired) electrons. The standard InChI is InChI=1S/C30H41N3/c1-23-8-7-11-25(20-23)27(16-19-32-26-14-17-31-18-15-26)29-22-33(21-24-9-3-2-4-10-24)30-13-6-5-12-28(29)30/h5-8,11-13,20,22,24,26-27,31-32H,2-4,9-10,14-19,21H2,1H3. The summed E-state index contributed by atoms with van der Waals surface area (Å²) in [6.45, 7) is 6.77. The Morgan fingerprint density at radius 3 is 2.61 bits per heavy atom. The van der Waals surface area contributed by atoms with Gasteiger partial charge in [0.25, 0.3) is 0 Å². The molecular weight excluding hydrogens is 402 g/mol. The Labute approximate surface area is 200 Å². The highest BCUT2D eigenvalue weighted by Crippen LogP contribution is 2.36. The zero-order chi connectivity index (χ0) is 22.5. The average molecular weight is 444 g/mol. The van der Waals surface area contributed by atoms with Gasteiger partial charge in [-0.15, -0.1) is 0 Å². The second kappa shape index (κ2) is 10.9. The van der Waals surface area contributed by atoms with Crippen LogP contribution in [0.2, 0.25) is 0 Å². The van der Waals surface area contributed by atoms with Gasteiger partial charge in [-0.1, -0.05) is 67.3 Å². The van der Waals surface area contributed by atoms with Crippen LogP contribution >= 0.6 is 0 Å². The molecule has 0 amide bonds. The molecule has 1 aromatic heterocycles. The Balaban J connectivity index is 1.43. The van der Waals surface area contributed by atoms with E-state index in [2.05, 4.69) is 76.9 Å². The monoisotopic (exact) mass is 443 g/mol. The molecule has 2 N–H and O–H groups in total. The molecule has 1 saturated heterocycles. The van der Waals surface area contributed by atoms with Crippen LogP contribution in [0.3, 0.4) is 0 Å². The van der Waals surface area contributed by atoms with Crippen LogP contribution in [0.5, 0.6) is 0 Å². The third kappa shape index (κ3) is 5.53. The number of rotatable bonds is 8. The Morgan fingerprint density at radius 1 is 0.970 bits per heavy atom. The fourth-order valence-electron chi connectivity index (χ4n) is 6.20. The van der Waals surface area contributed by atoms with E-state index in [1.165, 1.54) is 79.1 Å². The summed E-state index contributed by atoms with van der Waals surface area (Å²) in [5.74, 6) is 1.26. The van der Waals surface area contributed by atoms with Crippen molar-refractivity contribution in [2.75, 3.05) is 19.6 Å². The number of piperidine rings is 1. The first kappa shape index (κ1) is 22.7. The van der Waals surface area contributed by atoms with Crippen molar-refractivity contribution in [2.45, 2.75) is 76.8 Å². The minimum absolute atomic E-state index is 0.427. The summed E-state index contributed by atoms with van der Waals surface area (Å²) >= 11 is 0. The van der Waals surface area contributed by atoms with Crippen LogP contribution in [0, 0.1) is 12.8 Å². The lowest BCUT2D eigenvalue weighted by Crippen LogP contribution is -2.40. The Morgan fingerprint density at radius 2 is 1.79 bits per heavy atom. The van der Waals surface area contributed by atoms with Gasteiger partial charge >= 0.3 is 0 Å². The summed E-state index contributed by atoms with van der Waals surface area (Å²) in [5.41, 5.74) is 5.75. The maximum atomic E-state index is 3.88. The van der Waals surface area contributed by atoms with Gasteiger partial charge in [0.1, 0.15) is 0 Å². The molecule has 2 fully saturated rings. The van der Waals surface area contributed by atoms with Crippen molar-refractivity contribution in [2.24, 2.45) is 5.92 Å². The molecule has 1 atom stereocenters. The minimum atomic E-state index is 0.427. The number of hydrogen-bond acceptors (Lipinski definition) is 2. The number of nitrogens with zero attached hydrogens (tertiary/aromatic N) is 1. The van der Waals surface area contributed by atoms with Gasteiger partial charge in [-0.05, 0) is 81.8 Å². The van der Waals surface area contributed by atoms with Crippen molar-refractivity contribution in [1.29, 1.82) is 0 Å². The number of para-hydroxylation sites is 1. The molecule has 2 heterocycles. The Bertz CT molecular complexity index is 1020. The van der Waals surface area contributed by atoms with E-state index >= 15 is 0 Å². The van der Waals surface area contributed by atoms with Gasteiger partial charge in [-0.25, -0.2) is 0 Å². The van der Waals surface area contributed by atoms with Crippen molar-refractivity contribution < 1.29 is 0 Å². The highest BCUT2D eigenvalue weighted by molar-refractivity contribution is 5.85. The highest BCUT2D eigenvalue weighted by Gasteiger charge is 2.22. The van der Waals surface area contributed by atoms with Crippen molar-refractivity contribution in [3.8, 4) is 0 Å². The van der Waals surface area contributed by atoms with E-state index in [0.717, 1.165) is 32.0 Å². The highest BCUT2D eigenvalue weighted by atomic mass is 15.0. The lowest BCUT2D eigenvalue weighted by atomic mass is 9.87. The molecule has 176 valence electrons. The molecule has 33 heavy (non-hydrogen) atoms. The maximum Gasteiger partial charge on any atom is 0.0483 e. The fraction of sp³-hybridized carbons (Fsp3) is 0.533. The quantitative estimate of drug-likeness (QED) is 0.422. The lowest BCUT2D eigenvalue weighted by molar-refractivity contribution is 0.322. The van der Waals surface area contributed by atoms with E-state index in [1.807, 2.05) is 0 Å². The topological polar surface area (TPSA) is 29.0 Å². The zero-order valence-corrected chi connectivity index (χ0v) is 20.4. The predicted molar refractivity (Wildman–Crippen MR) is 140 cm³/mol. The van der Waals surface area contributed by atoms with Crippen LogP contribution in [-0.4, -0.2) is 30.2 Å². The smallest absolute Gasteiger partial charge is 0.0483 e. The third-order valence-electron chi connectivity index (χ3n) is 8.02. The summed E-state index contributed by atoms with van der Waals surface area (Å²) in [5, 5.41) is 8.81. The Hall–Kier alpha value is -2.10. The van der Waals surface area contributed by atoms with E-state index in [0.29, 0.717) is 12.0 Å². The van der Waals surface area contributed by atoms with Crippen molar-refractivity contribution in [1.82, 2.24) is 15.2 Å². The molecule has 3 heteroatoms. The van der Waals surface area contributed by atoms with Crippen LogP contribution in [-0.2, 0) is 6.54 Å². The number of hydrogen-bond donors (Lipinski definition) is 2. The summed E-state index contributed by atoms with van der Waals surface area (Å²) < 4.78 is 2.59. The molecule has 1 unspecified atom stereocenters. The first-order valence-corrected chi connectivity index (χ1v) is 13.4. The van der Waals surface area contributed by atoms with E-state index in [-0.39, 0.29) is 0 Å². The first-order chi connectivity index (χ1) is 16.3. The molecule has 1 aliphatic carbocycles. The predicted octanol–water partition coefficient (Wildman–Crippen LogP) is 6.39. The van der Waals surface area contributed by atoms with Crippen LogP contribution in [0.15, 0.2) is 54.7 Å². The minimum Gasteiger partial charge on any atom is -0.347 e. The summed E-state index contributed by atoms with van der Waals surface area (Å²) in [7, 11) is 0. The first-order valence-electron chi connectivity index (χ1n) is 13.4. The molecule has 0 spiro atoms. The fourth-order valence-corrected chi connectivity index (χ4v) is 6.20. The second-order valence-corrected chi connectivity index (χ2v) is 10.5. The van der Waals surface area contributed by atoms with Crippen LogP contribution in [0.1, 0.15) is 74.0 Å². The van der Waals surface area contributed by atoms with Gasteiger partial charge in [-0.2, -0.15) is 0 Å². The van der Waals surface area contributed by atoms with E-state index in [9.17, 15) is 0 Å². The molecule has 1 aliphatic heterocycles. The van der Waals surface area contributed by atoms with Gasteiger partial charge in [-0.3, -0.25) is 0 Å². The Kier molecular flexibility index (Phi) is 7.48. The van der Waals surface area contributed by atoms with E-state index < -0.39 is 0 Å². The van der Waals surface area contributed by atoms with Crippen molar-refractivity contribution >= 4 is 10.9 Å². The average Bonchev–Trinajstić information content (AvgIpc) is 3.21. The normalized spacial score (nSPS) is 19.2. The molecule has 2 aromatic carbocycles. The van der Waals surface area contributed by atoms with Crippen LogP contribution in [0.4, 0.5) is 0 Å². The van der Waals surface area contributed by atoms with Crippen LogP contribution < -0.4 is 10.6 Å². The van der Waals surface area contributed by atoms with E-state index in [4.69, 9.17) is 0 Å². The molecular formula is C30H41N3. The van der Waals surface area contributed by atoms with Gasteiger partial charge in [0, 0.05) is 35.6 Å². The summed E-state index contributed by atoms with van der Waals surface area (Å²) in [6, 6.07) is 19.0. The zero-order valence-electron chi connectivity index (χ0n) is 20.4. The van der Waals surface area contributed by atoms with Crippen LogP contribution in [0.25, 0.3) is 10.9 Å². The summed E-state index contributed by atoms with van der Waals surface area (Å²) in [6.07, 6.45) is 13.2. The van der Waals surface area contributed by atoms with Gasteiger partial charge < -0.3 is 15.2 Å². The molecule has 1 saturated carbocycles. The molecule has 0 bridgehead atoms.